The summed E-state index contributed by atoms with van der Waals surface area (Å²) in [6.45, 7) is 10.3. The van der Waals surface area contributed by atoms with Crippen LogP contribution in [0.4, 0.5) is 17.1 Å². The van der Waals surface area contributed by atoms with Crippen molar-refractivity contribution < 1.29 is 5.11 Å². The quantitative estimate of drug-likeness (QED) is 0.543. The molecule has 1 aliphatic carbocycles. The van der Waals surface area contributed by atoms with E-state index in [1.54, 1.807) is 0 Å². The van der Waals surface area contributed by atoms with Crippen LogP contribution in [0.25, 0.3) is 0 Å². The van der Waals surface area contributed by atoms with Crippen LogP contribution in [0.1, 0.15) is 30.9 Å². The molecule has 2 aliphatic heterocycles. The van der Waals surface area contributed by atoms with Gasteiger partial charge in [0.2, 0.25) is 0 Å². The zero-order valence-electron chi connectivity index (χ0n) is 20.4. The van der Waals surface area contributed by atoms with Crippen LogP contribution in [0.15, 0.2) is 67.4 Å². The van der Waals surface area contributed by atoms with Gasteiger partial charge in [-0.15, -0.1) is 6.58 Å². The molecule has 5 rings (SSSR count). The zero-order valence-corrected chi connectivity index (χ0v) is 20.4. The van der Waals surface area contributed by atoms with E-state index in [4.69, 9.17) is 0 Å². The van der Waals surface area contributed by atoms with E-state index >= 15 is 0 Å². The first kappa shape index (κ1) is 23.0. The molecule has 0 radical (unpaired) electrons. The van der Waals surface area contributed by atoms with Crippen molar-refractivity contribution in [3.63, 3.8) is 0 Å². The molecular formula is C28H37N5O. The van der Waals surface area contributed by atoms with Crippen LogP contribution in [0.2, 0.25) is 0 Å². The number of nitrogens with zero attached hydrogens (tertiary/aromatic N) is 3. The molecule has 6 nitrogen and oxygen atoms in total. The van der Waals surface area contributed by atoms with E-state index in [1.165, 1.54) is 11.3 Å². The molecule has 2 aromatic rings. The number of aliphatic hydroxyl groups is 1. The molecule has 0 amide bonds. The van der Waals surface area contributed by atoms with E-state index in [0.717, 1.165) is 62.4 Å². The number of rotatable bonds is 7. The molecule has 3 atom stereocenters. The molecule has 2 aromatic carbocycles. The molecule has 3 N–H and O–H groups in total. The Labute approximate surface area is 203 Å². The van der Waals surface area contributed by atoms with E-state index < -0.39 is 5.60 Å². The van der Waals surface area contributed by atoms with Crippen molar-refractivity contribution in [1.82, 2.24) is 10.3 Å². The van der Waals surface area contributed by atoms with E-state index in [-0.39, 0.29) is 12.1 Å². The molecule has 34 heavy (non-hydrogen) atoms. The summed E-state index contributed by atoms with van der Waals surface area (Å²) in [4.78, 5) is 4.83. The van der Waals surface area contributed by atoms with Crippen molar-refractivity contribution in [2.45, 2.75) is 38.0 Å². The fourth-order valence-corrected chi connectivity index (χ4v) is 5.60. The Morgan fingerprint density at radius 1 is 1.12 bits per heavy atom. The second-order valence-corrected chi connectivity index (χ2v) is 9.84. The van der Waals surface area contributed by atoms with E-state index in [0.29, 0.717) is 0 Å². The Kier molecular flexibility index (Phi) is 6.38. The van der Waals surface area contributed by atoms with Crippen molar-refractivity contribution in [2.75, 3.05) is 48.5 Å². The highest BCUT2D eigenvalue weighted by Gasteiger charge is 2.43. The van der Waals surface area contributed by atoms with Gasteiger partial charge in [0.1, 0.15) is 6.17 Å². The van der Waals surface area contributed by atoms with Gasteiger partial charge in [-0.1, -0.05) is 19.1 Å². The summed E-state index contributed by atoms with van der Waals surface area (Å²) in [5, 5.41) is 16.9. The van der Waals surface area contributed by atoms with Crippen LogP contribution in [0, 0.1) is 5.92 Å². The lowest BCUT2D eigenvalue weighted by Crippen LogP contribution is -2.44. The van der Waals surface area contributed by atoms with Crippen molar-refractivity contribution >= 4 is 17.1 Å². The number of benzene rings is 2. The van der Waals surface area contributed by atoms with Gasteiger partial charge in [0, 0.05) is 43.8 Å². The lowest BCUT2D eigenvalue weighted by Gasteiger charge is -2.34. The van der Waals surface area contributed by atoms with Gasteiger partial charge in [0.15, 0.2) is 0 Å². The van der Waals surface area contributed by atoms with Gasteiger partial charge < -0.3 is 20.2 Å². The molecule has 1 fully saturated rings. The molecule has 0 aromatic heterocycles. The summed E-state index contributed by atoms with van der Waals surface area (Å²) < 4.78 is 0. The van der Waals surface area contributed by atoms with Gasteiger partial charge >= 0.3 is 0 Å². The largest absolute Gasteiger partial charge is 0.385 e. The SMILES string of the molecule is C=CCC1Cc2cc(N3C=CC(Nc4ccc(N5CCN(C)CC5)cc4)N3)ccc2C1(O)CC. The van der Waals surface area contributed by atoms with Gasteiger partial charge in [0.05, 0.1) is 11.3 Å². The van der Waals surface area contributed by atoms with Crippen LogP contribution in [0.5, 0.6) is 0 Å². The summed E-state index contributed by atoms with van der Waals surface area (Å²) in [5.74, 6) is 0.200. The minimum Gasteiger partial charge on any atom is -0.385 e. The number of likely N-dealkylation sites (N-methyl/N-ethyl adjacent to an activating group) is 1. The van der Waals surface area contributed by atoms with Crippen molar-refractivity contribution in [2.24, 2.45) is 5.92 Å². The number of hydrogen-bond acceptors (Lipinski definition) is 6. The fourth-order valence-electron chi connectivity index (χ4n) is 5.60. The molecule has 6 heteroatoms. The Balaban J connectivity index is 1.21. The average molecular weight is 460 g/mol. The number of nitrogens with one attached hydrogen (secondary N) is 2. The van der Waals surface area contributed by atoms with Crippen LogP contribution >= 0.6 is 0 Å². The highest BCUT2D eigenvalue weighted by Crippen LogP contribution is 2.46. The lowest BCUT2D eigenvalue weighted by atomic mass is 9.83. The number of fused-ring (bicyclic) bond motifs is 1. The number of hydrazine groups is 1. The van der Waals surface area contributed by atoms with E-state index in [2.05, 4.69) is 101 Å². The lowest BCUT2D eigenvalue weighted by molar-refractivity contribution is -0.0140. The number of piperazine rings is 1. The smallest absolute Gasteiger partial charge is 0.115 e. The Hall–Kier alpha value is -2.80. The first-order valence-corrected chi connectivity index (χ1v) is 12.5. The second-order valence-electron chi connectivity index (χ2n) is 9.84. The van der Waals surface area contributed by atoms with Crippen molar-refractivity contribution in [3.8, 4) is 0 Å². The summed E-state index contributed by atoms with van der Waals surface area (Å²) in [5.41, 5.74) is 8.54. The molecule has 3 aliphatic rings. The minimum atomic E-state index is -0.753. The highest BCUT2D eigenvalue weighted by atomic mass is 16.3. The normalized spacial score (nSPS) is 26.7. The summed E-state index contributed by atoms with van der Waals surface area (Å²) in [6, 6.07) is 15.1. The van der Waals surface area contributed by atoms with Crippen LogP contribution in [-0.2, 0) is 12.0 Å². The maximum Gasteiger partial charge on any atom is 0.115 e. The first-order chi connectivity index (χ1) is 16.5. The summed E-state index contributed by atoms with van der Waals surface area (Å²) >= 11 is 0. The maximum absolute atomic E-state index is 11.3. The summed E-state index contributed by atoms with van der Waals surface area (Å²) in [6.07, 6.45) is 8.58. The van der Waals surface area contributed by atoms with Gasteiger partial charge in [0.25, 0.3) is 0 Å². The zero-order chi connectivity index (χ0) is 23.7. The highest BCUT2D eigenvalue weighted by molar-refractivity contribution is 5.59. The van der Waals surface area contributed by atoms with Gasteiger partial charge in [-0.2, -0.15) is 0 Å². The minimum absolute atomic E-state index is 0.0174. The Morgan fingerprint density at radius 2 is 1.85 bits per heavy atom. The first-order valence-electron chi connectivity index (χ1n) is 12.5. The molecule has 0 spiro atoms. The Bertz CT molecular complexity index is 1040. The van der Waals surface area contributed by atoms with Crippen molar-refractivity contribution in [3.05, 3.63) is 78.5 Å². The topological polar surface area (TPSA) is 54.0 Å². The van der Waals surface area contributed by atoms with Crippen LogP contribution in [0.3, 0.4) is 0 Å². The molecule has 0 saturated carbocycles. The number of anilines is 3. The molecule has 2 heterocycles. The second kappa shape index (κ2) is 9.45. The number of hydrogen-bond donors (Lipinski definition) is 3. The van der Waals surface area contributed by atoms with Crippen molar-refractivity contribution in [1.29, 1.82) is 0 Å². The Morgan fingerprint density at radius 3 is 2.56 bits per heavy atom. The van der Waals surface area contributed by atoms with Crippen LogP contribution < -0.4 is 20.7 Å². The van der Waals surface area contributed by atoms with E-state index in [9.17, 15) is 5.11 Å². The standard InChI is InChI=1S/C28H37N5O/c1-4-6-22-19-21-20-25(11-12-26(21)28(22,34)5-2)33-14-13-27(30-33)29-23-7-9-24(10-8-23)32-17-15-31(3)16-18-32/h4,7-14,20,22,27,29-30,34H,1,5-6,15-19H2,2-3H3. The third kappa shape index (κ3) is 4.33. The van der Waals surface area contributed by atoms with Gasteiger partial charge in [-0.05, 0) is 85.8 Å². The molecular weight excluding hydrogens is 422 g/mol. The van der Waals surface area contributed by atoms with Crippen LogP contribution in [-0.4, -0.2) is 49.4 Å². The molecule has 0 bridgehead atoms. The molecule has 180 valence electrons. The number of allylic oxidation sites excluding steroid dienone is 1. The maximum atomic E-state index is 11.3. The monoisotopic (exact) mass is 459 g/mol. The predicted octanol–water partition coefficient (Wildman–Crippen LogP) is 4.06. The van der Waals surface area contributed by atoms with E-state index in [1.807, 2.05) is 6.08 Å². The third-order valence-electron chi connectivity index (χ3n) is 7.73. The fraction of sp³-hybridized carbons (Fsp3) is 0.429. The average Bonchev–Trinajstić information content (AvgIpc) is 3.43. The predicted molar refractivity (Wildman–Crippen MR) is 141 cm³/mol. The summed E-state index contributed by atoms with van der Waals surface area (Å²) in [7, 11) is 2.18. The van der Waals surface area contributed by atoms with Gasteiger partial charge in [-0.3, -0.25) is 5.01 Å². The molecule has 3 unspecified atom stereocenters. The third-order valence-corrected chi connectivity index (χ3v) is 7.73. The van der Waals surface area contributed by atoms with Gasteiger partial charge in [-0.25, -0.2) is 5.43 Å². The molecule has 1 saturated heterocycles.